The van der Waals surface area contributed by atoms with Crippen molar-refractivity contribution in [3.63, 3.8) is 0 Å². The lowest BCUT2D eigenvalue weighted by molar-refractivity contribution is 0.0986. The molecule has 202 valence electrons. The third-order valence-corrected chi connectivity index (χ3v) is 9.29. The molecule has 9 heteroatoms. The Morgan fingerprint density at radius 2 is 1.54 bits per heavy atom. The maximum absolute atomic E-state index is 13.7. The van der Waals surface area contributed by atoms with Gasteiger partial charge in [-0.25, -0.2) is 13.4 Å². The largest absolute Gasteiger partial charge is 0.309 e. The van der Waals surface area contributed by atoms with Gasteiger partial charge in [-0.1, -0.05) is 50.2 Å². The summed E-state index contributed by atoms with van der Waals surface area (Å²) in [5.41, 5.74) is 2.44. The molecule has 0 saturated heterocycles. The van der Waals surface area contributed by atoms with Crippen LogP contribution in [0.4, 0.5) is 5.13 Å². The molecule has 3 aromatic rings. The Morgan fingerprint density at radius 3 is 2.11 bits per heavy atom. The Bertz CT molecular complexity index is 1260. The molecule has 1 amide bonds. The highest BCUT2D eigenvalue weighted by molar-refractivity contribution is 7.89. The molecule has 1 heterocycles. The highest BCUT2D eigenvalue weighted by Crippen LogP contribution is 2.31. The Hall–Kier alpha value is -2.33. The van der Waals surface area contributed by atoms with Crippen LogP contribution in [0.2, 0.25) is 0 Å². The molecule has 0 aliphatic heterocycles. The highest BCUT2D eigenvalue weighted by Gasteiger charge is 2.25. The molecular formula is C28H40N4O3S2. The number of carbonyl (C=O) groups excluding carboxylic acids is 1. The van der Waals surface area contributed by atoms with Gasteiger partial charge in [0.15, 0.2) is 5.13 Å². The molecule has 0 aliphatic carbocycles. The van der Waals surface area contributed by atoms with Crippen LogP contribution in [0.1, 0.15) is 61.9 Å². The monoisotopic (exact) mass is 544 g/mol. The number of hydrogen-bond donors (Lipinski definition) is 0. The van der Waals surface area contributed by atoms with E-state index in [4.69, 9.17) is 4.98 Å². The second kappa shape index (κ2) is 13.5. The smallest absolute Gasteiger partial charge is 0.260 e. The van der Waals surface area contributed by atoms with Crippen LogP contribution in [0.25, 0.3) is 10.2 Å². The summed E-state index contributed by atoms with van der Waals surface area (Å²) in [6, 6.07) is 12.4. The lowest BCUT2D eigenvalue weighted by Gasteiger charge is -2.23. The van der Waals surface area contributed by atoms with E-state index in [0.29, 0.717) is 30.3 Å². The lowest BCUT2D eigenvalue weighted by atomic mass is 10.2. The number of nitrogens with zero attached hydrogens (tertiary/aromatic N) is 4. The number of benzene rings is 2. The van der Waals surface area contributed by atoms with Gasteiger partial charge in [-0.3, -0.25) is 9.69 Å². The molecule has 7 nitrogen and oxygen atoms in total. The van der Waals surface area contributed by atoms with Crippen LogP contribution in [0.15, 0.2) is 47.4 Å². The second-order valence-electron chi connectivity index (χ2n) is 9.67. The molecule has 0 unspecified atom stereocenters. The molecule has 0 N–H and O–H groups in total. The first-order chi connectivity index (χ1) is 17.7. The Labute approximate surface area is 226 Å². The van der Waals surface area contributed by atoms with Crippen molar-refractivity contribution < 1.29 is 13.2 Å². The van der Waals surface area contributed by atoms with Gasteiger partial charge in [-0.05, 0) is 82.7 Å². The molecule has 0 fully saturated rings. The van der Waals surface area contributed by atoms with Crippen LogP contribution in [-0.4, -0.2) is 68.8 Å². The van der Waals surface area contributed by atoms with Gasteiger partial charge < -0.3 is 4.90 Å². The van der Waals surface area contributed by atoms with Crippen molar-refractivity contribution in [3.05, 3.63) is 53.6 Å². The number of para-hydroxylation sites is 1. The summed E-state index contributed by atoms with van der Waals surface area (Å²) in [7, 11) is 0.408. The summed E-state index contributed by atoms with van der Waals surface area (Å²) < 4.78 is 29.3. The zero-order valence-electron chi connectivity index (χ0n) is 22.7. The number of amides is 1. The second-order valence-corrected chi connectivity index (χ2v) is 12.6. The minimum atomic E-state index is -3.61. The molecular weight excluding hydrogens is 504 g/mol. The van der Waals surface area contributed by atoms with Crippen LogP contribution >= 0.6 is 11.3 Å². The molecule has 0 saturated carbocycles. The van der Waals surface area contributed by atoms with Gasteiger partial charge in [-0.2, -0.15) is 4.31 Å². The van der Waals surface area contributed by atoms with Gasteiger partial charge in [0.1, 0.15) is 0 Å². The first-order valence-electron chi connectivity index (χ1n) is 13.1. The zero-order chi connectivity index (χ0) is 27.0. The molecule has 3 rings (SSSR count). The average Bonchev–Trinajstić information content (AvgIpc) is 3.31. The van der Waals surface area contributed by atoms with Crippen LogP contribution < -0.4 is 4.90 Å². The summed E-state index contributed by atoms with van der Waals surface area (Å²) in [5.74, 6) is -0.173. The van der Waals surface area contributed by atoms with Gasteiger partial charge >= 0.3 is 0 Å². The number of unbranched alkanes of at least 4 members (excludes halogenated alkanes) is 2. The number of carbonyl (C=O) groups is 1. The molecule has 37 heavy (non-hydrogen) atoms. The summed E-state index contributed by atoms with van der Waals surface area (Å²) in [5, 5.41) is 0.662. The zero-order valence-corrected chi connectivity index (χ0v) is 24.4. The van der Waals surface area contributed by atoms with Gasteiger partial charge in [0.2, 0.25) is 10.0 Å². The van der Waals surface area contributed by atoms with Crippen molar-refractivity contribution in [1.82, 2.24) is 14.2 Å². The van der Waals surface area contributed by atoms with Gasteiger partial charge in [0.25, 0.3) is 5.91 Å². The minimum Gasteiger partial charge on any atom is -0.309 e. The van der Waals surface area contributed by atoms with Crippen LogP contribution in [-0.2, 0) is 10.0 Å². The maximum atomic E-state index is 13.7. The van der Waals surface area contributed by atoms with Crippen molar-refractivity contribution in [1.29, 1.82) is 0 Å². The maximum Gasteiger partial charge on any atom is 0.260 e. The van der Waals surface area contributed by atoms with Crippen molar-refractivity contribution in [2.75, 3.05) is 45.2 Å². The number of hydrogen-bond acceptors (Lipinski definition) is 6. The quantitative estimate of drug-likeness (QED) is 0.257. The van der Waals surface area contributed by atoms with Gasteiger partial charge in [0, 0.05) is 25.2 Å². The predicted molar refractivity (Wildman–Crippen MR) is 154 cm³/mol. The van der Waals surface area contributed by atoms with E-state index in [9.17, 15) is 13.2 Å². The van der Waals surface area contributed by atoms with E-state index in [1.165, 1.54) is 11.3 Å². The number of rotatable bonds is 14. The summed E-state index contributed by atoms with van der Waals surface area (Å²) in [6.07, 6.45) is 4.30. The molecule has 2 aromatic carbocycles. The van der Waals surface area contributed by atoms with E-state index in [2.05, 4.69) is 18.7 Å². The number of fused-ring (bicyclic) bond motifs is 1. The van der Waals surface area contributed by atoms with Crippen molar-refractivity contribution in [2.24, 2.45) is 0 Å². The summed E-state index contributed by atoms with van der Waals surface area (Å²) in [6.45, 7) is 8.53. The van der Waals surface area contributed by atoms with E-state index in [-0.39, 0.29) is 10.8 Å². The van der Waals surface area contributed by atoms with E-state index in [1.807, 2.05) is 39.2 Å². The number of aromatic nitrogens is 1. The van der Waals surface area contributed by atoms with Gasteiger partial charge in [-0.15, -0.1) is 0 Å². The first-order valence-corrected chi connectivity index (χ1v) is 15.4. The molecule has 0 bridgehead atoms. The van der Waals surface area contributed by atoms with Crippen molar-refractivity contribution in [3.8, 4) is 0 Å². The Kier molecular flexibility index (Phi) is 10.6. The number of sulfonamides is 1. The van der Waals surface area contributed by atoms with Crippen LogP contribution in [0, 0.1) is 6.92 Å². The molecule has 0 spiro atoms. The van der Waals surface area contributed by atoms with E-state index >= 15 is 0 Å². The van der Waals surface area contributed by atoms with E-state index in [1.54, 1.807) is 33.5 Å². The molecule has 0 aliphatic rings. The predicted octanol–water partition coefficient (Wildman–Crippen LogP) is 5.79. The van der Waals surface area contributed by atoms with E-state index < -0.39 is 10.0 Å². The number of anilines is 1. The Balaban J connectivity index is 1.89. The molecule has 0 radical (unpaired) electrons. The van der Waals surface area contributed by atoms with Crippen molar-refractivity contribution in [2.45, 2.75) is 57.8 Å². The minimum absolute atomic E-state index is 0.173. The number of thiazole rings is 1. The molecule has 0 atom stereocenters. The van der Waals surface area contributed by atoms with E-state index in [0.717, 1.165) is 54.4 Å². The number of aryl methyl sites for hydroxylation is 1. The standard InChI is InChI=1S/C28H40N4O3S2/c1-6-8-19-31(20-9-7-2)37(34,35)24-16-14-23(15-17-24)27(33)32(21-11-18-30(4)5)28-29-26-22(3)12-10-13-25(26)36-28/h10,12-17H,6-9,11,18-21H2,1-5H3. The topological polar surface area (TPSA) is 73.8 Å². The normalized spacial score (nSPS) is 12.1. The highest BCUT2D eigenvalue weighted by atomic mass is 32.2. The summed E-state index contributed by atoms with van der Waals surface area (Å²) in [4.78, 5) is 22.5. The molecule has 1 aromatic heterocycles. The third-order valence-electron chi connectivity index (χ3n) is 6.33. The van der Waals surface area contributed by atoms with Crippen molar-refractivity contribution >= 4 is 42.6 Å². The first kappa shape index (κ1) is 29.2. The fraction of sp³-hybridized carbons (Fsp3) is 0.500. The SMILES string of the molecule is CCCCN(CCCC)S(=O)(=O)c1ccc(C(=O)N(CCCN(C)C)c2nc3c(C)cccc3s2)cc1. The summed E-state index contributed by atoms with van der Waals surface area (Å²) >= 11 is 1.51. The third kappa shape index (κ3) is 7.37. The fourth-order valence-electron chi connectivity index (χ4n) is 4.11. The van der Waals surface area contributed by atoms with Gasteiger partial charge in [0.05, 0.1) is 15.1 Å². The fourth-order valence-corrected chi connectivity index (χ4v) is 6.70. The Morgan fingerprint density at radius 1 is 0.892 bits per heavy atom. The average molecular weight is 545 g/mol. The van der Waals surface area contributed by atoms with Crippen LogP contribution in [0.3, 0.4) is 0 Å². The van der Waals surface area contributed by atoms with Crippen LogP contribution in [0.5, 0.6) is 0 Å². The lowest BCUT2D eigenvalue weighted by Crippen LogP contribution is -2.34.